The zero-order valence-electron chi connectivity index (χ0n) is 9.87. The molecular weight excluding hydrogens is 190 g/mol. The maximum absolute atomic E-state index is 11.5. The Morgan fingerprint density at radius 1 is 1.53 bits per heavy atom. The Morgan fingerprint density at radius 2 is 2.20 bits per heavy atom. The van der Waals surface area contributed by atoms with Gasteiger partial charge in [0.2, 0.25) is 5.91 Å². The maximum atomic E-state index is 11.5. The quantitative estimate of drug-likeness (QED) is 0.812. The van der Waals surface area contributed by atoms with Crippen LogP contribution in [0.25, 0.3) is 0 Å². The van der Waals surface area contributed by atoms with E-state index in [-0.39, 0.29) is 11.9 Å². The molecule has 0 aliphatic rings. The fraction of sp³-hybridized carbons (Fsp3) is 0.636. The minimum Gasteiger partial charge on any atom is -0.357 e. The Labute approximate surface area is 90.7 Å². The van der Waals surface area contributed by atoms with Crippen molar-refractivity contribution >= 4 is 5.91 Å². The summed E-state index contributed by atoms with van der Waals surface area (Å²) in [6, 6.07) is 1.84. The Bertz CT molecular complexity index is 344. The number of carbonyl (C=O) groups excluding carboxylic acids is 1. The molecule has 1 aromatic rings. The summed E-state index contributed by atoms with van der Waals surface area (Å²) in [5.41, 5.74) is 2.16. The summed E-state index contributed by atoms with van der Waals surface area (Å²) >= 11 is 0. The lowest BCUT2D eigenvalue weighted by molar-refractivity contribution is -0.123. The SMILES string of the molecule is CCc1cc(CC)n(C(C)C(=O)NC)n1. The van der Waals surface area contributed by atoms with Gasteiger partial charge in [-0.2, -0.15) is 5.10 Å². The summed E-state index contributed by atoms with van der Waals surface area (Å²) in [5, 5.41) is 7.07. The number of carbonyl (C=O) groups is 1. The highest BCUT2D eigenvalue weighted by Gasteiger charge is 2.17. The summed E-state index contributed by atoms with van der Waals surface area (Å²) in [5.74, 6) is -0.00421. The van der Waals surface area contributed by atoms with E-state index in [1.54, 1.807) is 7.05 Å². The van der Waals surface area contributed by atoms with Gasteiger partial charge < -0.3 is 5.32 Å². The molecule has 1 unspecified atom stereocenters. The van der Waals surface area contributed by atoms with Crippen LogP contribution >= 0.6 is 0 Å². The summed E-state index contributed by atoms with van der Waals surface area (Å²) in [4.78, 5) is 11.5. The maximum Gasteiger partial charge on any atom is 0.244 e. The molecule has 1 atom stereocenters. The third-order valence-corrected chi connectivity index (χ3v) is 2.58. The Kier molecular flexibility index (Phi) is 3.88. The van der Waals surface area contributed by atoms with Crippen molar-refractivity contribution in [3.05, 3.63) is 17.5 Å². The number of nitrogens with one attached hydrogen (secondary N) is 1. The molecule has 0 radical (unpaired) electrons. The van der Waals surface area contributed by atoms with Gasteiger partial charge in [0, 0.05) is 12.7 Å². The summed E-state index contributed by atoms with van der Waals surface area (Å²) in [6.45, 7) is 6.00. The molecular formula is C11H19N3O. The van der Waals surface area contributed by atoms with Gasteiger partial charge in [0.05, 0.1) is 5.69 Å². The van der Waals surface area contributed by atoms with Crippen molar-refractivity contribution in [2.75, 3.05) is 7.05 Å². The first-order chi connectivity index (χ1) is 7.13. The fourth-order valence-corrected chi connectivity index (χ4v) is 1.58. The molecule has 4 nitrogen and oxygen atoms in total. The zero-order chi connectivity index (χ0) is 11.4. The van der Waals surface area contributed by atoms with Crippen molar-refractivity contribution in [3.63, 3.8) is 0 Å². The van der Waals surface area contributed by atoms with Crippen molar-refractivity contribution in [1.29, 1.82) is 0 Å². The second-order valence-electron chi connectivity index (χ2n) is 3.57. The Balaban J connectivity index is 3.00. The van der Waals surface area contributed by atoms with E-state index in [2.05, 4.69) is 30.3 Å². The first-order valence-corrected chi connectivity index (χ1v) is 5.42. The van der Waals surface area contributed by atoms with Crippen LogP contribution < -0.4 is 5.32 Å². The lowest BCUT2D eigenvalue weighted by atomic mass is 10.2. The van der Waals surface area contributed by atoms with Crippen molar-refractivity contribution in [2.24, 2.45) is 0 Å². The van der Waals surface area contributed by atoms with Crippen LogP contribution in [0.4, 0.5) is 0 Å². The van der Waals surface area contributed by atoms with Crippen LogP contribution in [0.3, 0.4) is 0 Å². The third kappa shape index (κ3) is 2.37. The van der Waals surface area contributed by atoms with Crippen molar-refractivity contribution in [1.82, 2.24) is 15.1 Å². The van der Waals surface area contributed by atoms with E-state index in [0.29, 0.717) is 0 Å². The van der Waals surface area contributed by atoms with Crippen LogP contribution in [0.2, 0.25) is 0 Å². The van der Waals surface area contributed by atoms with Gasteiger partial charge in [-0.1, -0.05) is 13.8 Å². The van der Waals surface area contributed by atoms with Gasteiger partial charge in [-0.25, -0.2) is 0 Å². The standard InChI is InChI=1S/C11H19N3O/c1-5-9-7-10(6-2)14(13-9)8(3)11(15)12-4/h7-8H,5-6H2,1-4H3,(H,12,15). The lowest BCUT2D eigenvalue weighted by Crippen LogP contribution is -2.29. The molecule has 1 aromatic heterocycles. The highest BCUT2D eigenvalue weighted by Crippen LogP contribution is 2.13. The van der Waals surface area contributed by atoms with E-state index in [1.807, 2.05) is 11.6 Å². The normalized spacial score (nSPS) is 12.5. The molecule has 1 heterocycles. The van der Waals surface area contributed by atoms with E-state index < -0.39 is 0 Å². The number of hydrogen-bond donors (Lipinski definition) is 1. The molecule has 84 valence electrons. The van der Waals surface area contributed by atoms with Crippen LogP contribution in [0.5, 0.6) is 0 Å². The number of aromatic nitrogens is 2. The largest absolute Gasteiger partial charge is 0.357 e. The highest BCUT2D eigenvalue weighted by molar-refractivity contribution is 5.79. The molecule has 0 fully saturated rings. The number of nitrogens with zero attached hydrogens (tertiary/aromatic N) is 2. The van der Waals surface area contributed by atoms with Gasteiger partial charge in [0.15, 0.2) is 0 Å². The number of amides is 1. The predicted octanol–water partition coefficient (Wildman–Crippen LogP) is 1.31. The summed E-state index contributed by atoms with van der Waals surface area (Å²) in [7, 11) is 1.65. The third-order valence-electron chi connectivity index (χ3n) is 2.58. The average molecular weight is 209 g/mol. The zero-order valence-corrected chi connectivity index (χ0v) is 9.87. The van der Waals surface area contributed by atoms with Gasteiger partial charge >= 0.3 is 0 Å². The highest BCUT2D eigenvalue weighted by atomic mass is 16.2. The number of rotatable bonds is 4. The number of aryl methyl sites for hydroxylation is 2. The molecule has 15 heavy (non-hydrogen) atoms. The Hall–Kier alpha value is -1.32. The molecule has 1 N–H and O–H groups in total. The molecule has 0 saturated carbocycles. The fourth-order valence-electron chi connectivity index (χ4n) is 1.58. The summed E-state index contributed by atoms with van der Waals surface area (Å²) < 4.78 is 1.82. The predicted molar refractivity (Wildman–Crippen MR) is 59.8 cm³/mol. The minimum absolute atomic E-state index is 0.00421. The second kappa shape index (κ2) is 4.96. The minimum atomic E-state index is -0.231. The van der Waals surface area contributed by atoms with E-state index in [0.717, 1.165) is 24.2 Å². The van der Waals surface area contributed by atoms with Gasteiger partial charge in [0.1, 0.15) is 6.04 Å². The topological polar surface area (TPSA) is 46.9 Å². The first kappa shape index (κ1) is 11.8. The van der Waals surface area contributed by atoms with Crippen LogP contribution in [-0.2, 0) is 17.6 Å². The van der Waals surface area contributed by atoms with Crippen LogP contribution in [-0.4, -0.2) is 22.7 Å². The number of likely N-dealkylation sites (N-methyl/N-ethyl adjacent to an activating group) is 1. The van der Waals surface area contributed by atoms with Crippen LogP contribution in [0, 0.1) is 0 Å². The molecule has 0 bridgehead atoms. The first-order valence-electron chi connectivity index (χ1n) is 5.42. The van der Waals surface area contributed by atoms with Crippen molar-refractivity contribution in [2.45, 2.75) is 39.7 Å². The Morgan fingerprint density at radius 3 is 2.67 bits per heavy atom. The molecule has 4 heteroatoms. The van der Waals surface area contributed by atoms with Crippen LogP contribution in [0.1, 0.15) is 38.2 Å². The molecule has 0 aliphatic heterocycles. The molecule has 0 aliphatic carbocycles. The van der Waals surface area contributed by atoms with Gasteiger partial charge in [0.25, 0.3) is 0 Å². The van der Waals surface area contributed by atoms with Crippen LogP contribution in [0.15, 0.2) is 6.07 Å². The molecule has 0 aromatic carbocycles. The van der Waals surface area contributed by atoms with E-state index in [1.165, 1.54) is 0 Å². The van der Waals surface area contributed by atoms with E-state index in [9.17, 15) is 4.79 Å². The monoisotopic (exact) mass is 209 g/mol. The van der Waals surface area contributed by atoms with Crippen molar-refractivity contribution in [3.8, 4) is 0 Å². The molecule has 0 spiro atoms. The van der Waals surface area contributed by atoms with Crippen molar-refractivity contribution < 1.29 is 4.79 Å². The molecule has 1 amide bonds. The molecule has 0 saturated heterocycles. The smallest absolute Gasteiger partial charge is 0.244 e. The number of hydrogen-bond acceptors (Lipinski definition) is 2. The lowest BCUT2D eigenvalue weighted by Gasteiger charge is -2.13. The van der Waals surface area contributed by atoms with Gasteiger partial charge in [-0.15, -0.1) is 0 Å². The van der Waals surface area contributed by atoms with Gasteiger partial charge in [-0.05, 0) is 25.8 Å². The summed E-state index contributed by atoms with van der Waals surface area (Å²) in [6.07, 6.45) is 1.80. The van der Waals surface area contributed by atoms with Gasteiger partial charge in [-0.3, -0.25) is 9.48 Å². The van der Waals surface area contributed by atoms with E-state index >= 15 is 0 Å². The second-order valence-corrected chi connectivity index (χ2v) is 3.57. The average Bonchev–Trinajstić information content (AvgIpc) is 2.69. The molecule has 1 rings (SSSR count). The van der Waals surface area contributed by atoms with E-state index in [4.69, 9.17) is 0 Å².